The molecule has 1 heterocycles. The number of hydrogen-bond donors (Lipinski definition) is 1. The summed E-state index contributed by atoms with van der Waals surface area (Å²) in [4.78, 5) is 25.2. The van der Waals surface area contributed by atoms with Gasteiger partial charge in [-0.3, -0.25) is 4.79 Å². The Morgan fingerprint density at radius 3 is 2.70 bits per heavy atom. The van der Waals surface area contributed by atoms with Gasteiger partial charge < -0.3 is 10.0 Å². The summed E-state index contributed by atoms with van der Waals surface area (Å²) >= 11 is 0. The van der Waals surface area contributed by atoms with Gasteiger partial charge in [-0.05, 0) is 43.4 Å². The molecule has 1 aromatic rings. The van der Waals surface area contributed by atoms with E-state index < -0.39 is 5.97 Å². The quantitative estimate of drug-likeness (QED) is 0.920. The second-order valence-corrected chi connectivity index (χ2v) is 5.83. The molecule has 1 aromatic carbocycles. The zero-order valence-electron chi connectivity index (χ0n) is 11.4. The minimum atomic E-state index is -0.895. The maximum absolute atomic E-state index is 12.1. The van der Waals surface area contributed by atoms with Crippen molar-refractivity contribution in [1.29, 1.82) is 0 Å². The Bertz CT molecular complexity index is 536. The lowest BCUT2D eigenvalue weighted by molar-refractivity contribution is -0.133. The molecule has 1 aliphatic heterocycles. The number of piperidine rings is 1. The summed E-state index contributed by atoms with van der Waals surface area (Å²) in [5, 5.41) is 9.06. The lowest BCUT2D eigenvalue weighted by Crippen LogP contribution is -2.39. The van der Waals surface area contributed by atoms with E-state index in [1.165, 1.54) is 0 Å². The third-order valence-corrected chi connectivity index (χ3v) is 4.26. The van der Waals surface area contributed by atoms with Crippen LogP contribution in [0.3, 0.4) is 0 Å². The van der Waals surface area contributed by atoms with E-state index in [9.17, 15) is 9.59 Å². The maximum atomic E-state index is 12.1. The van der Waals surface area contributed by atoms with E-state index >= 15 is 0 Å². The van der Waals surface area contributed by atoms with Crippen LogP contribution in [0.25, 0.3) is 0 Å². The van der Waals surface area contributed by atoms with Gasteiger partial charge in [0.25, 0.3) is 0 Å². The predicted octanol–water partition coefficient (Wildman–Crippen LogP) is 2.50. The molecule has 1 saturated carbocycles. The van der Waals surface area contributed by atoms with E-state index in [4.69, 9.17) is 5.11 Å². The minimum Gasteiger partial charge on any atom is -0.478 e. The number of benzene rings is 1. The van der Waals surface area contributed by atoms with Crippen molar-refractivity contribution in [1.82, 2.24) is 4.90 Å². The molecule has 1 N–H and O–H groups in total. The molecule has 1 amide bonds. The second kappa shape index (κ2) is 5.27. The Hall–Kier alpha value is -1.84. The zero-order valence-corrected chi connectivity index (χ0v) is 11.4. The topological polar surface area (TPSA) is 57.6 Å². The predicted molar refractivity (Wildman–Crippen MR) is 74.7 cm³/mol. The second-order valence-electron chi connectivity index (χ2n) is 5.83. The third-order valence-electron chi connectivity index (χ3n) is 4.26. The minimum absolute atomic E-state index is 0.263. The number of carbonyl (C=O) groups is 2. The van der Waals surface area contributed by atoms with E-state index in [1.807, 2.05) is 11.0 Å². The molecule has 0 radical (unpaired) electrons. The van der Waals surface area contributed by atoms with Crippen LogP contribution in [0, 0.1) is 5.92 Å². The van der Waals surface area contributed by atoms with Gasteiger partial charge >= 0.3 is 5.97 Å². The fraction of sp³-hybridized carbons (Fsp3) is 0.500. The number of carboxylic acids is 1. The van der Waals surface area contributed by atoms with Gasteiger partial charge in [0.1, 0.15) is 0 Å². The summed E-state index contributed by atoms with van der Waals surface area (Å²) < 4.78 is 0. The number of hydrogen-bond acceptors (Lipinski definition) is 2. The Labute approximate surface area is 118 Å². The molecule has 0 spiro atoms. The van der Waals surface area contributed by atoms with Gasteiger partial charge in [-0.2, -0.15) is 0 Å². The summed E-state index contributed by atoms with van der Waals surface area (Å²) in [6, 6.07) is 7.13. The molecule has 4 heteroatoms. The van der Waals surface area contributed by atoms with Crippen LogP contribution in [0.4, 0.5) is 0 Å². The molecule has 3 rings (SSSR count). The van der Waals surface area contributed by atoms with Crippen LogP contribution in [-0.4, -0.2) is 35.0 Å². The van der Waals surface area contributed by atoms with E-state index in [1.54, 1.807) is 18.2 Å². The number of likely N-dealkylation sites (tertiary alicyclic amines) is 1. The van der Waals surface area contributed by atoms with Gasteiger partial charge in [0, 0.05) is 24.9 Å². The lowest BCUT2D eigenvalue weighted by atomic mass is 9.89. The Morgan fingerprint density at radius 1 is 1.20 bits per heavy atom. The Morgan fingerprint density at radius 2 is 2.00 bits per heavy atom. The Balaban J connectivity index is 1.74. The highest BCUT2D eigenvalue weighted by molar-refractivity contribution is 5.87. The number of carboxylic acid groups (broad SMARTS) is 1. The van der Waals surface area contributed by atoms with Crippen LogP contribution in [0.1, 0.15) is 47.5 Å². The Kier molecular flexibility index (Phi) is 3.47. The van der Waals surface area contributed by atoms with Gasteiger partial charge in [-0.15, -0.1) is 0 Å². The maximum Gasteiger partial charge on any atom is 0.335 e. The molecule has 106 valence electrons. The molecule has 2 fully saturated rings. The van der Waals surface area contributed by atoms with Crippen LogP contribution < -0.4 is 0 Å². The van der Waals surface area contributed by atoms with Gasteiger partial charge in [0.2, 0.25) is 5.91 Å². The van der Waals surface area contributed by atoms with Crippen molar-refractivity contribution in [2.45, 2.75) is 31.6 Å². The molecule has 1 atom stereocenters. The third kappa shape index (κ3) is 2.69. The molecular formula is C16H19NO3. The SMILES string of the molecule is O=C(O)c1cccc(C2CCCN(C(=O)C3CC3)C2)c1. The molecule has 4 nitrogen and oxygen atoms in total. The molecule has 1 unspecified atom stereocenters. The summed E-state index contributed by atoms with van der Waals surface area (Å²) in [7, 11) is 0. The van der Waals surface area contributed by atoms with E-state index in [-0.39, 0.29) is 11.8 Å². The first-order valence-electron chi connectivity index (χ1n) is 7.27. The van der Waals surface area contributed by atoms with E-state index in [2.05, 4.69) is 0 Å². The first kappa shape index (κ1) is 13.2. The van der Waals surface area contributed by atoms with Gasteiger partial charge in [0.15, 0.2) is 0 Å². The number of carbonyl (C=O) groups excluding carboxylic acids is 1. The molecule has 0 aromatic heterocycles. The van der Waals surface area contributed by atoms with Gasteiger partial charge in [-0.25, -0.2) is 4.79 Å². The van der Waals surface area contributed by atoms with Crippen molar-refractivity contribution in [2.24, 2.45) is 5.92 Å². The largest absolute Gasteiger partial charge is 0.478 e. The highest BCUT2D eigenvalue weighted by Crippen LogP contribution is 2.34. The van der Waals surface area contributed by atoms with Gasteiger partial charge in [0.05, 0.1) is 5.56 Å². The normalized spacial score (nSPS) is 22.6. The monoisotopic (exact) mass is 273 g/mol. The first-order valence-corrected chi connectivity index (χ1v) is 7.27. The number of nitrogens with zero attached hydrogens (tertiary/aromatic N) is 1. The van der Waals surface area contributed by atoms with Crippen molar-refractivity contribution in [3.8, 4) is 0 Å². The smallest absolute Gasteiger partial charge is 0.335 e. The molecule has 1 saturated heterocycles. The molecule has 0 bridgehead atoms. The average molecular weight is 273 g/mol. The van der Waals surface area contributed by atoms with Crippen LogP contribution in [-0.2, 0) is 4.79 Å². The molecule has 20 heavy (non-hydrogen) atoms. The molecule has 2 aliphatic rings. The van der Waals surface area contributed by atoms with Crippen molar-refractivity contribution in [3.05, 3.63) is 35.4 Å². The summed E-state index contributed by atoms with van der Waals surface area (Å²) in [5.74, 6) is -0.0671. The lowest BCUT2D eigenvalue weighted by Gasteiger charge is -2.33. The number of amides is 1. The fourth-order valence-corrected chi connectivity index (χ4v) is 2.96. The van der Waals surface area contributed by atoms with E-state index in [0.717, 1.165) is 44.3 Å². The van der Waals surface area contributed by atoms with Crippen molar-refractivity contribution >= 4 is 11.9 Å². The highest BCUT2D eigenvalue weighted by atomic mass is 16.4. The average Bonchev–Trinajstić information content (AvgIpc) is 3.31. The summed E-state index contributed by atoms with van der Waals surface area (Å²) in [6.45, 7) is 1.59. The van der Waals surface area contributed by atoms with Crippen LogP contribution in [0.5, 0.6) is 0 Å². The summed E-state index contributed by atoms with van der Waals surface area (Å²) in [5.41, 5.74) is 1.37. The van der Waals surface area contributed by atoms with Crippen LogP contribution >= 0.6 is 0 Å². The molecular weight excluding hydrogens is 254 g/mol. The van der Waals surface area contributed by atoms with Crippen molar-refractivity contribution in [3.63, 3.8) is 0 Å². The standard InChI is InChI=1S/C16H19NO3/c18-15(11-6-7-11)17-8-2-5-14(10-17)12-3-1-4-13(9-12)16(19)20/h1,3-4,9,11,14H,2,5-8,10H2,(H,19,20). The summed E-state index contributed by atoms with van der Waals surface area (Å²) in [6.07, 6.45) is 4.10. The number of rotatable bonds is 3. The van der Waals surface area contributed by atoms with Gasteiger partial charge in [-0.1, -0.05) is 12.1 Å². The first-order chi connectivity index (χ1) is 9.65. The highest BCUT2D eigenvalue weighted by Gasteiger charge is 2.35. The van der Waals surface area contributed by atoms with Crippen LogP contribution in [0.15, 0.2) is 24.3 Å². The van der Waals surface area contributed by atoms with E-state index in [0.29, 0.717) is 11.5 Å². The van der Waals surface area contributed by atoms with Crippen molar-refractivity contribution in [2.75, 3.05) is 13.1 Å². The molecule has 1 aliphatic carbocycles. The zero-order chi connectivity index (χ0) is 14.1. The number of aromatic carboxylic acids is 1. The van der Waals surface area contributed by atoms with Crippen LogP contribution in [0.2, 0.25) is 0 Å². The van der Waals surface area contributed by atoms with Crippen molar-refractivity contribution < 1.29 is 14.7 Å². The fourth-order valence-electron chi connectivity index (χ4n) is 2.96.